The molecule has 1 heterocycles. The maximum atomic E-state index is 13.5. The van der Waals surface area contributed by atoms with Crippen LogP contribution < -0.4 is 43.8 Å². The number of carbonyl (C=O) groups excluding carboxylic acids is 8. The number of nitrogens with one attached hydrogen (secondary N) is 5. The molecule has 0 saturated carbocycles. The molecule has 1 aliphatic rings. The van der Waals surface area contributed by atoms with Crippen molar-refractivity contribution in [1.82, 2.24) is 31.5 Å². The number of carbonyl (C=O) groups is 10. The van der Waals surface area contributed by atoms with Gasteiger partial charge in [0.15, 0.2) is 0 Å². The van der Waals surface area contributed by atoms with Crippen LogP contribution >= 0.6 is 0 Å². The van der Waals surface area contributed by atoms with Gasteiger partial charge in [0, 0.05) is 13.0 Å². The van der Waals surface area contributed by atoms with Crippen molar-refractivity contribution in [2.45, 2.75) is 115 Å². The molecule has 1 saturated heterocycles. The summed E-state index contributed by atoms with van der Waals surface area (Å²) in [6.45, 7) is 5.86. The second-order valence-corrected chi connectivity index (χ2v) is 12.4. The summed E-state index contributed by atoms with van der Waals surface area (Å²) in [6.07, 6.45) is -1.55. The lowest BCUT2D eigenvalue weighted by atomic mass is 9.97. The molecule has 0 aromatic rings. The smallest absolute Gasteiger partial charge is 0.325 e. The van der Waals surface area contributed by atoms with E-state index in [1.807, 2.05) is 0 Å². The molecule has 0 aliphatic carbocycles. The normalized spacial score (nSPS) is 18.0. The number of nitrogens with zero attached hydrogens (tertiary/aromatic N) is 1. The second-order valence-electron chi connectivity index (χ2n) is 12.4. The molecular weight excluding hydrogens is 678 g/mol. The van der Waals surface area contributed by atoms with Gasteiger partial charge in [0.05, 0.1) is 18.9 Å². The molecule has 13 N–H and O–H groups in total. The van der Waals surface area contributed by atoms with Crippen LogP contribution in [0.4, 0.5) is 0 Å². The van der Waals surface area contributed by atoms with Crippen LogP contribution in [0, 0.1) is 5.92 Å². The van der Waals surface area contributed by atoms with Crippen molar-refractivity contribution in [3.8, 4) is 0 Å². The molecule has 0 aromatic heterocycles. The summed E-state index contributed by atoms with van der Waals surface area (Å²) in [6, 6.07) is -9.77. The zero-order valence-corrected chi connectivity index (χ0v) is 28.9. The highest BCUT2D eigenvalue weighted by Gasteiger charge is 2.40. The molecule has 1 aliphatic heterocycles. The van der Waals surface area contributed by atoms with Gasteiger partial charge in [-0.25, -0.2) is 0 Å². The first-order valence-electron chi connectivity index (χ1n) is 16.3. The number of hydrogen-bond acceptors (Lipinski definition) is 11. The van der Waals surface area contributed by atoms with Gasteiger partial charge in [-0.05, 0) is 39.0 Å². The van der Waals surface area contributed by atoms with E-state index in [2.05, 4.69) is 26.6 Å². The maximum Gasteiger partial charge on any atom is 0.325 e. The summed E-state index contributed by atoms with van der Waals surface area (Å²) in [5.41, 5.74) is 16.1. The van der Waals surface area contributed by atoms with E-state index in [-0.39, 0.29) is 25.8 Å². The van der Waals surface area contributed by atoms with Crippen molar-refractivity contribution in [2.75, 3.05) is 6.54 Å². The van der Waals surface area contributed by atoms with Gasteiger partial charge in [-0.3, -0.25) is 47.9 Å². The number of nitrogens with two attached hydrogens (primary N) is 3. The topological polar surface area (TPSA) is 353 Å². The van der Waals surface area contributed by atoms with E-state index in [1.165, 1.54) is 13.8 Å². The third-order valence-corrected chi connectivity index (χ3v) is 8.12. The highest BCUT2D eigenvalue weighted by Crippen LogP contribution is 2.20. The quantitative estimate of drug-likeness (QED) is 0.0534. The minimum Gasteiger partial charge on any atom is -0.481 e. The van der Waals surface area contributed by atoms with E-state index in [4.69, 9.17) is 22.3 Å². The summed E-state index contributed by atoms with van der Waals surface area (Å²) in [5.74, 6) is -10.9. The Morgan fingerprint density at radius 2 is 1.31 bits per heavy atom. The fraction of sp³-hybridized carbons (Fsp3) is 0.667. The van der Waals surface area contributed by atoms with Crippen molar-refractivity contribution in [3.63, 3.8) is 0 Å². The molecule has 0 aromatic carbocycles. The first kappa shape index (κ1) is 43.7. The van der Waals surface area contributed by atoms with Crippen LogP contribution in [0.5, 0.6) is 0 Å². The van der Waals surface area contributed by atoms with Crippen molar-refractivity contribution < 1.29 is 58.2 Å². The number of carboxylic acids is 2. The van der Waals surface area contributed by atoms with Gasteiger partial charge in [0.25, 0.3) is 0 Å². The summed E-state index contributed by atoms with van der Waals surface area (Å²) in [7, 11) is 0. The summed E-state index contributed by atoms with van der Waals surface area (Å²) in [4.78, 5) is 126. The first-order chi connectivity index (χ1) is 23.7. The SMILES string of the molecule is CCC(C)C(NC(=O)C(CC(=O)O)NC(=O)C(CC(N)=O)NC(=O)C1CCCN1C(=O)C(CCC(N)=O)NC(=O)C(C)N)C(=O)NC(C)C(=O)O. The number of hydrogen-bond donors (Lipinski definition) is 10. The van der Waals surface area contributed by atoms with Gasteiger partial charge < -0.3 is 58.9 Å². The van der Waals surface area contributed by atoms with Crippen molar-refractivity contribution in [2.24, 2.45) is 23.1 Å². The molecule has 1 rings (SSSR count). The Morgan fingerprint density at radius 1 is 0.745 bits per heavy atom. The molecule has 8 unspecified atom stereocenters. The average Bonchev–Trinajstić information content (AvgIpc) is 3.53. The van der Waals surface area contributed by atoms with Gasteiger partial charge in [-0.1, -0.05) is 20.3 Å². The average molecular weight is 728 g/mol. The van der Waals surface area contributed by atoms with E-state index in [9.17, 15) is 53.1 Å². The van der Waals surface area contributed by atoms with E-state index < -0.39 is 120 Å². The van der Waals surface area contributed by atoms with Crippen LogP contribution in [0.25, 0.3) is 0 Å². The Labute approximate surface area is 293 Å². The van der Waals surface area contributed by atoms with Gasteiger partial charge in [0.2, 0.25) is 47.3 Å². The minimum atomic E-state index is -1.84. The van der Waals surface area contributed by atoms with Crippen LogP contribution in [0.3, 0.4) is 0 Å². The molecule has 0 radical (unpaired) electrons. The van der Waals surface area contributed by atoms with E-state index in [0.717, 1.165) is 4.90 Å². The fourth-order valence-corrected chi connectivity index (χ4v) is 5.01. The summed E-state index contributed by atoms with van der Waals surface area (Å²) in [5, 5.41) is 30.1. The Kier molecular flexibility index (Phi) is 17.4. The number of amides is 8. The predicted octanol–water partition coefficient (Wildman–Crippen LogP) is -4.49. The Balaban J connectivity index is 3.25. The Hall–Kier alpha value is -5.34. The maximum absolute atomic E-state index is 13.5. The zero-order valence-electron chi connectivity index (χ0n) is 28.9. The lowest BCUT2D eigenvalue weighted by molar-refractivity contribution is -0.144. The number of likely N-dealkylation sites (tertiary alicyclic amines) is 1. The second kappa shape index (κ2) is 20.4. The Morgan fingerprint density at radius 3 is 1.82 bits per heavy atom. The van der Waals surface area contributed by atoms with Crippen molar-refractivity contribution in [3.05, 3.63) is 0 Å². The molecule has 21 nitrogen and oxygen atoms in total. The molecule has 51 heavy (non-hydrogen) atoms. The van der Waals surface area contributed by atoms with E-state index in [0.29, 0.717) is 12.8 Å². The summed E-state index contributed by atoms with van der Waals surface area (Å²) < 4.78 is 0. The molecule has 21 heteroatoms. The van der Waals surface area contributed by atoms with Crippen LogP contribution in [-0.2, 0) is 47.9 Å². The van der Waals surface area contributed by atoms with Crippen LogP contribution in [0.15, 0.2) is 0 Å². The molecular formula is C30H49N9O12. The number of primary amides is 2. The van der Waals surface area contributed by atoms with Gasteiger partial charge in [0.1, 0.15) is 36.3 Å². The zero-order chi connectivity index (χ0) is 39.2. The monoisotopic (exact) mass is 727 g/mol. The van der Waals surface area contributed by atoms with Gasteiger partial charge >= 0.3 is 11.9 Å². The lowest BCUT2D eigenvalue weighted by Gasteiger charge is -2.30. The number of carboxylic acid groups (broad SMARTS) is 2. The molecule has 286 valence electrons. The molecule has 8 amide bonds. The third-order valence-electron chi connectivity index (χ3n) is 8.12. The molecule has 0 spiro atoms. The third kappa shape index (κ3) is 14.2. The molecule has 8 atom stereocenters. The van der Waals surface area contributed by atoms with Crippen LogP contribution in [-0.4, -0.2) is 123 Å². The lowest BCUT2D eigenvalue weighted by Crippen LogP contribution is -2.60. The minimum absolute atomic E-state index is 0.0434. The standard InChI is InChI=1S/C30H49N9O12/c1-5-13(2)23(28(48)34-15(4)30(50)51)38-26(46)18(12-22(42)43)36-25(45)17(11-21(33)41)37-27(47)19-7-6-10-39(19)29(49)16(8-9-20(32)40)35-24(44)14(3)31/h13-19,23H,5-12,31H2,1-4H3,(H2,32,40)(H2,33,41)(H,34,48)(H,35,44)(H,36,45)(H,37,47)(H,38,46)(H,42,43)(H,50,51). The predicted molar refractivity (Wildman–Crippen MR) is 175 cm³/mol. The molecule has 0 bridgehead atoms. The fourth-order valence-electron chi connectivity index (χ4n) is 5.01. The molecule has 1 fully saturated rings. The first-order valence-corrected chi connectivity index (χ1v) is 16.3. The van der Waals surface area contributed by atoms with Crippen LogP contribution in [0.1, 0.15) is 72.6 Å². The summed E-state index contributed by atoms with van der Waals surface area (Å²) >= 11 is 0. The van der Waals surface area contributed by atoms with Crippen molar-refractivity contribution in [1.29, 1.82) is 0 Å². The van der Waals surface area contributed by atoms with Crippen LogP contribution in [0.2, 0.25) is 0 Å². The highest BCUT2D eigenvalue weighted by atomic mass is 16.4. The largest absolute Gasteiger partial charge is 0.481 e. The van der Waals surface area contributed by atoms with Crippen molar-refractivity contribution >= 4 is 59.2 Å². The number of aliphatic carboxylic acids is 2. The number of rotatable bonds is 21. The van der Waals surface area contributed by atoms with Gasteiger partial charge in [-0.2, -0.15) is 0 Å². The Bertz CT molecular complexity index is 1360. The van der Waals surface area contributed by atoms with E-state index >= 15 is 0 Å². The van der Waals surface area contributed by atoms with E-state index in [1.54, 1.807) is 13.8 Å². The highest BCUT2D eigenvalue weighted by molar-refractivity contribution is 5.99. The van der Waals surface area contributed by atoms with Gasteiger partial charge in [-0.15, -0.1) is 0 Å².